The van der Waals surface area contributed by atoms with Gasteiger partial charge in [0.25, 0.3) is 0 Å². The highest BCUT2D eigenvalue weighted by molar-refractivity contribution is 5.82. The van der Waals surface area contributed by atoms with Crippen LogP contribution in [0.1, 0.15) is 30.7 Å². The molecule has 0 bridgehead atoms. The van der Waals surface area contributed by atoms with Gasteiger partial charge in [0.1, 0.15) is 0 Å². The van der Waals surface area contributed by atoms with Gasteiger partial charge < -0.3 is 10.0 Å². The zero-order valence-electron chi connectivity index (χ0n) is 11.7. The number of hydrogen-bond donors (Lipinski definition) is 1. The number of halogens is 2. The molecule has 1 N–H and O–H groups in total. The number of amides is 1. The van der Waals surface area contributed by atoms with Crippen LogP contribution in [-0.2, 0) is 9.59 Å². The Morgan fingerprint density at radius 3 is 2.76 bits per heavy atom. The van der Waals surface area contributed by atoms with E-state index in [2.05, 4.69) is 0 Å². The average Bonchev–Trinajstić information content (AvgIpc) is 3.20. The summed E-state index contributed by atoms with van der Waals surface area (Å²) in [5.41, 5.74) is 0.243. The number of carbonyl (C=O) groups excluding carboxylic acids is 1. The van der Waals surface area contributed by atoms with Crippen LogP contribution >= 0.6 is 0 Å². The van der Waals surface area contributed by atoms with E-state index < -0.39 is 17.6 Å². The smallest absolute Gasteiger partial charge is 0.303 e. The van der Waals surface area contributed by atoms with Crippen LogP contribution < -0.4 is 0 Å². The van der Waals surface area contributed by atoms with Crippen LogP contribution in [0.4, 0.5) is 8.78 Å². The van der Waals surface area contributed by atoms with Crippen LogP contribution in [0, 0.1) is 17.6 Å². The predicted octanol–water partition coefficient (Wildman–Crippen LogP) is 2.39. The number of rotatable bonds is 6. The highest BCUT2D eigenvalue weighted by atomic mass is 19.2. The molecule has 0 aliphatic heterocycles. The first kappa shape index (κ1) is 15.4. The maximum absolute atomic E-state index is 13.7. The van der Waals surface area contributed by atoms with Crippen LogP contribution in [0.2, 0.25) is 0 Å². The summed E-state index contributed by atoms with van der Waals surface area (Å²) in [7, 11) is 1.60. The lowest BCUT2D eigenvalue weighted by atomic mass is 10.1. The van der Waals surface area contributed by atoms with Gasteiger partial charge in [0.2, 0.25) is 5.91 Å². The topological polar surface area (TPSA) is 57.6 Å². The summed E-state index contributed by atoms with van der Waals surface area (Å²) in [6.45, 7) is 0.347. The molecular formula is C15H17F2NO3. The highest BCUT2D eigenvalue weighted by Crippen LogP contribution is 2.49. The van der Waals surface area contributed by atoms with Crippen LogP contribution in [0.25, 0.3) is 0 Å². The van der Waals surface area contributed by atoms with Crippen molar-refractivity contribution < 1.29 is 23.5 Å². The Balaban J connectivity index is 1.91. The van der Waals surface area contributed by atoms with E-state index >= 15 is 0 Å². The van der Waals surface area contributed by atoms with E-state index in [0.29, 0.717) is 19.4 Å². The zero-order chi connectivity index (χ0) is 15.6. The number of aliphatic carboxylic acids is 1. The van der Waals surface area contributed by atoms with Crippen molar-refractivity contribution in [1.82, 2.24) is 4.90 Å². The molecule has 6 heteroatoms. The van der Waals surface area contributed by atoms with E-state index in [1.165, 1.54) is 17.0 Å². The molecule has 1 aromatic rings. The van der Waals surface area contributed by atoms with Crippen molar-refractivity contribution in [3.63, 3.8) is 0 Å². The van der Waals surface area contributed by atoms with Gasteiger partial charge in [0, 0.05) is 25.9 Å². The van der Waals surface area contributed by atoms with Crippen molar-refractivity contribution in [1.29, 1.82) is 0 Å². The molecule has 21 heavy (non-hydrogen) atoms. The fourth-order valence-corrected chi connectivity index (χ4v) is 2.48. The van der Waals surface area contributed by atoms with Crippen molar-refractivity contribution in [3.05, 3.63) is 35.4 Å². The number of nitrogens with zero attached hydrogens (tertiary/aromatic N) is 1. The quantitative estimate of drug-likeness (QED) is 0.877. The first-order valence-electron chi connectivity index (χ1n) is 6.82. The molecule has 0 aromatic heterocycles. The third kappa shape index (κ3) is 3.56. The Hall–Kier alpha value is -1.98. The molecular weight excluding hydrogens is 280 g/mol. The summed E-state index contributed by atoms with van der Waals surface area (Å²) in [5.74, 6) is -3.45. The summed E-state index contributed by atoms with van der Waals surface area (Å²) in [5, 5.41) is 8.55. The largest absolute Gasteiger partial charge is 0.481 e. The van der Waals surface area contributed by atoms with E-state index in [9.17, 15) is 18.4 Å². The molecule has 4 nitrogen and oxygen atoms in total. The summed E-state index contributed by atoms with van der Waals surface area (Å²) in [4.78, 5) is 24.0. The normalized spacial score (nSPS) is 20.1. The molecule has 1 amide bonds. The maximum Gasteiger partial charge on any atom is 0.303 e. The van der Waals surface area contributed by atoms with Gasteiger partial charge in [-0.2, -0.15) is 0 Å². The van der Waals surface area contributed by atoms with Gasteiger partial charge in [-0.15, -0.1) is 0 Å². The molecule has 1 aliphatic carbocycles. The molecule has 114 valence electrons. The Morgan fingerprint density at radius 1 is 1.38 bits per heavy atom. The SMILES string of the molecule is CN(CCCC(=O)O)C(=O)[C@H]1C[C@H]1c1cccc(F)c1F. The molecule has 2 atom stereocenters. The predicted molar refractivity (Wildman–Crippen MR) is 71.7 cm³/mol. The number of carboxylic acid groups (broad SMARTS) is 1. The second-order valence-electron chi connectivity index (χ2n) is 5.35. The van der Waals surface area contributed by atoms with Gasteiger partial charge in [-0.3, -0.25) is 9.59 Å². The molecule has 0 spiro atoms. The van der Waals surface area contributed by atoms with Gasteiger partial charge >= 0.3 is 5.97 Å². The maximum atomic E-state index is 13.7. The first-order valence-corrected chi connectivity index (χ1v) is 6.82. The van der Waals surface area contributed by atoms with Gasteiger partial charge in [-0.05, 0) is 30.4 Å². The Bertz CT molecular complexity index is 562. The van der Waals surface area contributed by atoms with Crippen LogP contribution in [0.5, 0.6) is 0 Å². The fraction of sp³-hybridized carbons (Fsp3) is 0.467. The van der Waals surface area contributed by atoms with Crippen LogP contribution in [0.15, 0.2) is 18.2 Å². The Kier molecular flexibility index (Phi) is 4.55. The van der Waals surface area contributed by atoms with E-state index in [4.69, 9.17) is 5.11 Å². The van der Waals surface area contributed by atoms with Crippen LogP contribution in [0.3, 0.4) is 0 Å². The minimum atomic E-state index is -0.902. The number of benzene rings is 1. The lowest BCUT2D eigenvalue weighted by Gasteiger charge is -2.16. The summed E-state index contributed by atoms with van der Waals surface area (Å²) < 4.78 is 26.8. The van der Waals surface area contributed by atoms with Crippen molar-refractivity contribution in [2.75, 3.05) is 13.6 Å². The number of carboxylic acids is 1. The minimum absolute atomic E-state index is 0.00421. The monoisotopic (exact) mass is 297 g/mol. The van der Waals surface area contributed by atoms with Crippen molar-refractivity contribution in [3.8, 4) is 0 Å². The molecule has 1 aromatic carbocycles. The van der Waals surface area contributed by atoms with Gasteiger partial charge in [-0.1, -0.05) is 12.1 Å². The molecule has 0 saturated heterocycles. The number of hydrogen-bond acceptors (Lipinski definition) is 2. The second-order valence-corrected chi connectivity index (χ2v) is 5.35. The molecule has 0 heterocycles. The second kappa shape index (κ2) is 6.20. The first-order chi connectivity index (χ1) is 9.91. The molecule has 0 radical (unpaired) electrons. The Morgan fingerprint density at radius 2 is 2.10 bits per heavy atom. The minimum Gasteiger partial charge on any atom is -0.481 e. The zero-order valence-corrected chi connectivity index (χ0v) is 11.7. The van der Waals surface area contributed by atoms with Crippen molar-refractivity contribution in [2.24, 2.45) is 5.92 Å². The standard InChI is InChI=1S/C15H17F2NO3/c1-18(7-3-6-13(19)20)15(21)11-8-10(11)9-4-2-5-12(16)14(9)17/h2,4-5,10-11H,3,6-8H2,1H3,(H,19,20)/t10-,11-/m0/s1. The van der Waals surface area contributed by atoms with E-state index in [-0.39, 0.29) is 29.7 Å². The summed E-state index contributed by atoms with van der Waals surface area (Å²) >= 11 is 0. The fourth-order valence-electron chi connectivity index (χ4n) is 2.48. The number of carbonyl (C=O) groups is 2. The summed E-state index contributed by atoms with van der Waals surface area (Å²) in [6, 6.07) is 3.99. The van der Waals surface area contributed by atoms with Crippen molar-refractivity contribution in [2.45, 2.75) is 25.2 Å². The molecule has 1 fully saturated rings. The van der Waals surface area contributed by atoms with Gasteiger partial charge in [0.05, 0.1) is 0 Å². The van der Waals surface area contributed by atoms with Crippen LogP contribution in [-0.4, -0.2) is 35.5 Å². The molecule has 1 aliphatic rings. The molecule has 0 unspecified atom stereocenters. The molecule has 2 rings (SSSR count). The van der Waals surface area contributed by atoms with E-state index in [1.54, 1.807) is 7.05 Å². The Labute approximate surface area is 121 Å². The lowest BCUT2D eigenvalue weighted by molar-refractivity contribution is -0.138. The highest BCUT2D eigenvalue weighted by Gasteiger charge is 2.46. The van der Waals surface area contributed by atoms with E-state index in [0.717, 1.165) is 6.07 Å². The average molecular weight is 297 g/mol. The third-order valence-electron chi connectivity index (χ3n) is 3.75. The lowest BCUT2D eigenvalue weighted by Crippen LogP contribution is -2.29. The molecule has 1 saturated carbocycles. The van der Waals surface area contributed by atoms with E-state index in [1.807, 2.05) is 0 Å². The summed E-state index contributed by atoms with van der Waals surface area (Å²) in [6.07, 6.45) is 0.885. The van der Waals surface area contributed by atoms with Gasteiger partial charge in [0.15, 0.2) is 11.6 Å². The third-order valence-corrected chi connectivity index (χ3v) is 3.75. The van der Waals surface area contributed by atoms with Crippen molar-refractivity contribution >= 4 is 11.9 Å². The van der Waals surface area contributed by atoms with Gasteiger partial charge in [-0.25, -0.2) is 8.78 Å².